The van der Waals surface area contributed by atoms with Gasteiger partial charge in [0.15, 0.2) is 0 Å². The first-order valence-electron chi connectivity index (χ1n) is 19.9. The highest BCUT2D eigenvalue weighted by Gasteiger charge is 2.53. The smallest absolute Gasteiger partial charge is 0.0972 e. The number of fused-ring (bicyclic) bond motifs is 16. The molecule has 2 nitrogen and oxygen atoms in total. The molecule has 0 atom stereocenters. The molecule has 3 aliphatic carbocycles. The molecule has 8 aromatic carbocycles. The second-order valence-electron chi connectivity index (χ2n) is 16.2. The van der Waals surface area contributed by atoms with E-state index in [9.17, 15) is 0 Å². The molecule has 3 aliphatic rings. The van der Waals surface area contributed by atoms with E-state index in [0.717, 1.165) is 27.5 Å². The van der Waals surface area contributed by atoms with Crippen LogP contribution in [0.15, 0.2) is 170 Å². The third-order valence-corrected chi connectivity index (χ3v) is 13.1. The standard InChI is InChI=1S/C55H34N2/c1-31-16-22-44-40(27-31)41-28-32(2)17-23-45(41)55(44)46-24-20-37(33-9-4-3-5-10-33)29-43(46)51-47(55)30-42-38-14-6-11-34-12-7-15-39(49(34)38)50(42)52(51)48-25-21-36-19-18-35-13-8-26-56-53(35)54(36)57-48/h3-30H,1-2H3. The number of hydrogen-bond donors (Lipinski definition) is 0. The maximum atomic E-state index is 5.67. The van der Waals surface area contributed by atoms with Crippen molar-refractivity contribution in [2.75, 3.05) is 0 Å². The van der Waals surface area contributed by atoms with Crippen molar-refractivity contribution in [3.63, 3.8) is 0 Å². The lowest BCUT2D eigenvalue weighted by Gasteiger charge is -2.31. The Kier molecular flexibility index (Phi) is 6.00. The van der Waals surface area contributed by atoms with E-state index in [1.807, 2.05) is 12.3 Å². The predicted molar refractivity (Wildman–Crippen MR) is 236 cm³/mol. The summed E-state index contributed by atoms with van der Waals surface area (Å²) in [5.74, 6) is 0. The minimum absolute atomic E-state index is 0.524. The average Bonchev–Trinajstić information content (AvgIpc) is 3.84. The van der Waals surface area contributed by atoms with Crippen molar-refractivity contribution in [2.24, 2.45) is 0 Å². The van der Waals surface area contributed by atoms with Gasteiger partial charge in [-0.2, -0.15) is 0 Å². The van der Waals surface area contributed by atoms with Crippen LogP contribution in [0, 0.1) is 13.8 Å². The largest absolute Gasteiger partial charge is 0.254 e. The first-order valence-corrected chi connectivity index (χ1v) is 19.9. The molecule has 0 saturated heterocycles. The average molecular weight is 723 g/mol. The fraction of sp³-hybridized carbons (Fsp3) is 0.0545. The Hall–Kier alpha value is -7.16. The molecule has 0 amide bonds. The highest BCUT2D eigenvalue weighted by atomic mass is 14.8. The van der Waals surface area contributed by atoms with Gasteiger partial charge in [-0.05, 0) is 121 Å². The highest BCUT2D eigenvalue weighted by molar-refractivity contribution is 6.21. The van der Waals surface area contributed by atoms with Gasteiger partial charge in [-0.1, -0.05) is 151 Å². The molecule has 0 saturated carbocycles. The molecular weight excluding hydrogens is 689 g/mol. The van der Waals surface area contributed by atoms with Gasteiger partial charge in [0.25, 0.3) is 0 Å². The zero-order valence-corrected chi connectivity index (χ0v) is 31.6. The van der Waals surface area contributed by atoms with Gasteiger partial charge in [0.05, 0.1) is 22.1 Å². The van der Waals surface area contributed by atoms with Crippen molar-refractivity contribution >= 4 is 32.6 Å². The van der Waals surface area contributed by atoms with Crippen LogP contribution in [-0.4, -0.2) is 9.97 Å². The van der Waals surface area contributed by atoms with Crippen LogP contribution >= 0.6 is 0 Å². The monoisotopic (exact) mass is 722 g/mol. The number of benzene rings is 8. The van der Waals surface area contributed by atoms with E-state index in [4.69, 9.17) is 9.97 Å². The van der Waals surface area contributed by atoms with Crippen LogP contribution in [0.25, 0.3) is 99.5 Å². The van der Waals surface area contributed by atoms with E-state index in [2.05, 4.69) is 172 Å². The number of hydrogen-bond acceptors (Lipinski definition) is 2. The summed E-state index contributed by atoms with van der Waals surface area (Å²) in [7, 11) is 0. The number of rotatable bonds is 2. The molecule has 57 heavy (non-hydrogen) atoms. The number of pyridine rings is 2. The Labute approximate surface area is 330 Å². The van der Waals surface area contributed by atoms with Gasteiger partial charge in [0, 0.05) is 28.1 Å². The van der Waals surface area contributed by atoms with E-state index in [-0.39, 0.29) is 0 Å². The lowest BCUT2D eigenvalue weighted by molar-refractivity contribution is 0.794. The molecule has 1 spiro atoms. The van der Waals surface area contributed by atoms with Gasteiger partial charge >= 0.3 is 0 Å². The van der Waals surface area contributed by atoms with Crippen LogP contribution in [0.4, 0.5) is 0 Å². The minimum Gasteiger partial charge on any atom is -0.254 e. The summed E-state index contributed by atoms with van der Waals surface area (Å²) < 4.78 is 0. The quantitative estimate of drug-likeness (QED) is 0.166. The van der Waals surface area contributed by atoms with Crippen LogP contribution in [0.5, 0.6) is 0 Å². The van der Waals surface area contributed by atoms with Gasteiger partial charge in [-0.15, -0.1) is 0 Å². The Morgan fingerprint density at radius 3 is 1.82 bits per heavy atom. The van der Waals surface area contributed by atoms with E-state index in [1.165, 1.54) is 105 Å². The predicted octanol–water partition coefficient (Wildman–Crippen LogP) is 13.9. The summed E-state index contributed by atoms with van der Waals surface area (Å²) in [5, 5.41) is 4.76. The molecule has 0 aliphatic heterocycles. The number of nitrogens with zero attached hydrogens (tertiary/aromatic N) is 2. The van der Waals surface area contributed by atoms with Crippen molar-refractivity contribution in [3.8, 4) is 66.9 Å². The molecule has 0 radical (unpaired) electrons. The number of aryl methyl sites for hydroxylation is 2. The van der Waals surface area contributed by atoms with Crippen LogP contribution in [0.2, 0.25) is 0 Å². The molecule has 10 aromatic rings. The van der Waals surface area contributed by atoms with Crippen LogP contribution in [0.3, 0.4) is 0 Å². The second-order valence-corrected chi connectivity index (χ2v) is 16.2. The van der Waals surface area contributed by atoms with Gasteiger partial charge in [0.1, 0.15) is 0 Å². The molecular formula is C55H34N2. The fourth-order valence-electron chi connectivity index (χ4n) is 10.8. The molecule has 0 N–H and O–H groups in total. The third kappa shape index (κ3) is 3.94. The summed E-state index contributed by atoms with van der Waals surface area (Å²) in [6.07, 6.45) is 1.88. The van der Waals surface area contributed by atoms with Crippen LogP contribution in [-0.2, 0) is 5.41 Å². The van der Waals surface area contributed by atoms with E-state index in [1.54, 1.807) is 0 Å². The lowest BCUT2D eigenvalue weighted by Crippen LogP contribution is -2.26. The highest BCUT2D eigenvalue weighted by Crippen LogP contribution is 2.67. The Morgan fingerprint density at radius 1 is 0.386 bits per heavy atom. The van der Waals surface area contributed by atoms with E-state index < -0.39 is 5.41 Å². The van der Waals surface area contributed by atoms with Gasteiger partial charge in [-0.3, -0.25) is 4.98 Å². The molecule has 2 aromatic heterocycles. The zero-order chi connectivity index (χ0) is 37.6. The van der Waals surface area contributed by atoms with E-state index in [0.29, 0.717) is 0 Å². The third-order valence-electron chi connectivity index (χ3n) is 13.1. The maximum Gasteiger partial charge on any atom is 0.0972 e. The van der Waals surface area contributed by atoms with Crippen molar-refractivity contribution in [1.29, 1.82) is 0 Å². The zero-order valence-electron chi connectivity index (χ0n) is 31.6. The molecule has 13 rings (SSSR count). The molecule has 0 fully saturated rings. The second kappa shape index (κ2) is 11.0. The van der Waals surface area contributed by atoms with Crippen LogP contribution in [0.1, 0.15) is 33.4 Å². The molecule has 0 unspecified atom stereocenters. The Morgan fingerprint density at radius 2 is 1.05 bits per heavy atom. The van der Waals surface area contributed by atoms with Crippen molar-refractivity contribution in [1.82, 2.24) is 9.97 Å². The SMILES string of the molecule is Cc1ccc2c(c1)-c1cc(C)ccc1C21c2ccc(-c3ccccc3)cc2-c2c1cc1c(c2-c2ccc3ccc4cccnc4c3n2)-c2cccc3cccc-1c23. The van der Waals surface area contributed by atoms with Crippen molar-refractivity contribution in [3.05, 3.63) is 203 Å². The molecule has 2 heteroatoms. The summed E-state index contributed by atoms with van der Waals surface area (Å²) in [6, 6.07) is 61.5. The van der Waals surface area contributed by atoms with Crippen LogP contribution < -0.4 is 0 Å². The normalized spacial score (nSPS) is 13.6. The van der Waals surface area contributed by atoms with Gasteiger partial charge in [0.2, 0.25) is 0 Å². The summed E-state index contributed by atoms with van der Waals surface area (Å²) >= 11 is 0. The van der Waals surface area contributed by atoms with Crippen molar-refractivity contribution in [2.45, 2.75) is 19.3 Å². The number of aromatic nitrogens is 2. The summed E-state index contributed by atoms with van der Waals surface area (Å²) in [6.45, 7) is 4.44. The molecule has 264 valence electrons. The Balaban J connectivity index is 1.25. The summed E-state index contributed by atoms with van der Waals surface area (Å²) in [5.41, 5.74) is 24.1. The lowest BCUT2D eigenvalue weighted by atomic mass is 9.69. The summed E-state index contributed by atoms with van der Waals surface area (Å²) in [4.78, 5) is 10.6. The van der Waals surface area contributed by atoms with Crippen molar-refractivity contribution < 1.29 is 0 Å². The van der Waals surface area contributed by atoms with E-state index >= 15 is 0 Å². The topological polar surface area (TPSA) is 25.8 Å². The Bertz CT molecular complexity index is 3370. The first kappa shape index (κ1) is 31.1. The maximum absolute atomic E-state index is 5.67. The molecule has 2 heterocycles. The molecule has 0 bridgehead atoms. The minimum atomic E-state index is -0.524. The van der Waals surface area contributed by atoms with Gasteiger partial charge in [-0.25, -0.2) is 4.98 Å². The first-order chi connectivity index (χ1) is 28.1. The fourth-order valence-corrected chi connectivity index (χ4v) is 10.8. The van der Waals surface area contributed by atoms with Gasteiger partial charge < -0.3 is 0 Å².